The Balaban J connectivity index is 1.79. The van der Waals surface area contributed by atoms with E-state index >= 15 is 0 Å². The molecule has 1 saturated carbocycles. The first-order valence-electron chi connectivity index (χ1n) is 8.49. The molecule has 2 heterocycles. The number of carbonyl (C=O) groups is 2. The smallest absolute Gasteiger partial charge is 0.338 e. The quantitative estimate of drug-likeness (QED) is 0.848. The van der Waals surface area contributed by atoms with Crippen molar-refractivity contribution in [2.45, 2.75) is 32.7 Å². The van der Waals surface area contributed by atoms with Crippen LogP contribution in [0.15, 0.2) is 23.0 Å². The molecule has 0 saturated heterocycles. The van der Waals surface area contributed by atoms with Crippen LogP contribution in [0.4, 0.5) is 0 Å². The van der Waals surface area contributed by atoms with Gasteiger partial charge in [0, 0.05) is 23.2 Å². The minimum atomic E-state index is -0.523. The summed E-state index contributed by atoms with van der Waals surface area (Å²) in [6, 6.07) is 5.09. The molecule has 1 N–H and O–H groups in total. The molecule has 25 heavy (non-hydrogen) atoms. The van der Waals surface area contributed by atoms with Crippen molar-refractivity contribution in [3.63, 3.8) is 0 Å². The Morgan fingerprint density at radius 2 is 2.04 bits per heavy atom. The largest absolute Gasteiger partial charge is 0.465 e. The Bertz CT molecular complexity index is 956. The minimum absolute atomic E-state index is 0.144. The second-order valence-corrected chi connectivity index (χ2v) is 7.17. The van der Waals surface area contributed by atoms with E-state index in [1.807, 2.05) is 11.8 Å². The van der Waals surface area contributed by atoms with Crippen LogP contribution in [0, 0.1) is 5.41 Å². The molecule has 2 aliphatic rings. The number of methoxy groups -OCH3 is 1. The van der Waals surface area contributed by atoms with Crippen molar-refractivity contribution in [3.8, 4) is 0 Å². The van der Waals surface area contributed by atoms with Crippen LogP contribution in [-0.4, -0.2) is 35.4 Å². The summed E-state index contributed by atoms with van der Waals surface area (Å²) in [5.41, 5.74) is 1.94. The maximum atomic E-state index is 13.0. The lowest BCUT2D eigenvalue weighted by Crippen LogP contribution is -2.41. The van der Waals surface area contributed by atoms with Gasteiger partial charge in [-0.15, -0.1) is 0 Å². The molecule has 0 atom stereocenters. The fraction of sp³-hybridized carbons (Fsp3) is 0.421. The van der Waals surface area contributed by atoms with Crippen molar-refractivity contribution in [1.82, 2.24) is 9.88 Å². The van der Waals surface area contributed by atoms with Gasteiger partial charge in [0.1, 0.15) is 0 Å². The van der Waals surface area contributed by atoms with Gasteiger partial charge in [0.2, 0.25) is 5.91 Å². The van der Waals surface area contributed by atoms with E-state index in [2.05, 4.69) is 4.98 Å². The molecule has 1 aromatic heterocycles. The zero-order valence-corrected chi connectivity index (χ0v) is 14.3. The van der Waals surface area contributed by atoms with E-state index in [0.717, 1.165) is 18.5 Å². The van der Waals surface area contributed by atoms with E-state index in [0.29, 0.717) is 36.0 Å². The molecule has 0 radical (unpaired) electrons. The zero-order chi connectivity index (χ0) is 17.8. The minimum Gasteiger partial charge on any atom is -0.465 e. The van der Waals surface area contributed by atoms with E-state index in [9.17, 15) is 14.4 Å². The van der Waals surface area contributed by atoms with E-state index in [1.54, 1.807) is 18.2 Å². The predicted molar refractivity (Wildman–Crippen MR) is 92.4 cm³/mol. The van der Waals surface area contributed by atoms with Gasteiger partial charge in [-0.1, -0.05) is 13.0 Å². The summed E-state index contributed by atoms with van der Waals surface area (Å²) in [5, 5.41) is 0.363. The van der Waals surface area contributed by atoms with Gasteiger partial charge in [-0.3, -0.25) is 9.59 Å². The Hall–Kier alpha value is -2.63. The Morgan fingerprint density at radius 3 is 2.72 bits per heavy atom. The average Bonchev–Trinajstić information content (AvgIpc) is 3.38. The van der Waals surface area contributed by atoms with E-state index in [1.165, 1.54) is 7.11 Å². The molecule has 2 aromatic rings. The molecule has 1 aliphatic carbocycles. The van der Waals surface area contributed by atoms with E-state index < -0.39 is 5.97 Å². The van der Waals surface area contributed by atoms with Gasteiger partial charge in [0.15, 0.2) is 5.43 Å². The van der Waals surface area contributed by atoms with Gasteiger partial charge in [-0.25, -0.2) is 4.79 Å². The molecule has 6 heteroatoms. The number of H-pyrrole nitrogens is 1. The summed E-state index contributed by atoms with van der Waals surface area (Å²) in [5.74, 6) is -0.354. The highest BCUT2D eigenvalue weighted by Gasteiger charge is 2.47. The van der Waals surface area contributed by atoms with Crippen LogP contribution < -0.4 is 5.43 Å². The highest BCUT2D eigenvalue weighted by Crippen LogP contribution is 2.47. The van der Waals surface area contributed by atoms with Crippen LogP contribution in [0.3, 0.4) is 0 Å². The lowest BCUT2D eigenvalue weighted by atomic mass is 9.97. The van der Waals surface area contributed by atoms with Crippen molar-refractivity contribution in [2.75, 3.05) is 13.7 Å². The van der Waals surface area contributed by atoms with Crippen molar-refractivity contribution >= 4 is 22.8 Å². The predicted octanol–water partition coefficient (Wildman–Crippen LogP) is 2.00. The first kappa shape index (κ1) is 15.9. The van der Waals surface area contributed by atoms with Gasteiger partial charge in [0.25, 0.3) is 0 Å². The number of amides is 1. The summed E-state index contributed by atoms with van der Waals surface area (Å²) in [6.07, 6.45) is 2.37. The number of hydrogen-bond acceptors (Lipinski definition) is 4. The number of pyridine rings is 1. The molecule has 6 nitrogen and oxygen atoms in total. The number of carbonyl (C=O) groups excluding carboxylic acids is 2. The van der Waals surface area contributed by atoms with Gasteiger partial charge >= 0.3 is 5.97 Å². The third-order valence-electron chi connectivity index (χ3n) is 5.40. The van der Waals surface area contributed by atoms with Crippen LogP contribution in [0.1, 0.15) is 41.4 Å². The van der Waals surface area contributed by atoms with Crippen LogP contribution in [0.2, 0.25) is 0 Å². The second kappa shape index (κ2) is 5.44. The van der Waals surface area contributed by atoms with E-state index in [4.69, 9.17) is 4.74 Å². The molecule has 1 aromatic carbocycles. The molecule has 4 rings (SSSR count). The summed E-state index contributed by atoms with van der Waals surface area (Å²) in [6.45, 7) is 2.95. The Kier molecular flexibility index (Phi) is 3.45. The molecule has 0 unspecified atom stereocenters. The Morgan fingerprint density at radius 1 is 1.28 bits per heavy atom. The van der Waals surface area contributed by atoms with Crippen LogP contribution >= 0.6 is 0 Å². The number of nitrogens with zero attached hydrogens (tertiary/aromatic N) is 1. The molecule has 1 aliphatic heterocycles. The number of hydrogen-bond donors (Lipinski definition) is 1. The lowest BCUT2D eigenvalue weighted by Gasteiger charge is -2.30. The third-order valence-corrected chi connectivity index (χ3v) is 5.40. The zero-order valence-electron chi connectivity index (χ0n) is 14.3. The summed E-state index contributed by atoms with van der Waals surface area (Å²) >= 11 is 0. The molecule has 0 bridgehead atoms. The van der Waals surface area contributed by atoms with Crippen LogP contribution in [-0.2, 0) is 22.5 Å². The molecule has 1 amide bonds. The average molecular weight is 340 g/mol. The monoisotopic (exact) mass is 340 g/mol. The summed E-state index contributed by atoms with van der Waals surface area (Å²) in [7, 11) is 1.30. The standard InChI is InChI=1S/C19H20N2O4/c1-19(7-8-19)18(24)21-9-6-11-14(10-21)20-13-5-3-4-12(17(23)25-2)15(13)16(11)22/h3-5H,6-10H2,1-2H3,(H,20,22). The Labute approximate surface area is 144 Å². The fourth-order valence-electron chi connectivity index (χ4n) is 3.58. The summed E-state index contributed by atoms with van der Waals surface area (Å²) in [4.78, 5) is 42.6. The second-order valence-electron chi connectivity index (χ2n) is 7.17. The number of fused-ring (bicyclic) bond motifs is 2. The van der Waals surface area contributed by atoms with Crippen molar-refractivity contribution < 1.29 is 14.3 Å². The maximum Gasteiger partial charge on any atom is 0.338 e. The first-order valence-corrected chi connectivity index (χ1v) is 8.49. The number of ether oxygens (including phenoxy) is 1. The molecular weight excluding hydrogens is 320 g/mol. The molecular formula is C19H20N2O4. The third kappa shape index (κ3) is 2.44. The van der Waals surface area contributed by atoms with Crippen molar-refractivity contribution in [3.05, 3.63) is 45.2 Å². The van der Waals surface area contributed by atoms with E-state index in [-0.39, 0.29) is 22.3 Å². The normalized spacial score (nSPS) is 17.9. The lowest BCUT2D eigenvalue weighted by molar-refractivity contribution is -0.137. The number of aromatic nitrogens is 1. The summed E-state index contributed by atoms with van der Waals surface area (Å²) < 4.78 is 4.79. The number of rotatable bonds is 2. The number of benzene rings is 1. The van der Waals surface area contributed by atoms with Crippen molar-refractivity contribution in [2.24, 2.45) is 5.41 Å². The first-order chi connectivity index (χ1) is 11.9. The molecule has 130 valence electrons. The molecule has 0 spiro atoms. The van der Waals surface area contributed by atoms with Gasteiger partial charge < -0.3 is 14.6 Å². The topological polar surface area (TPSA) is 79.5 Å². The molecule has 1 fully saturated rings. The fourth-order valence-corrected chi connectivity index (χ4v) is 3.58. The van der Waals surface area contributed by atoms with Gasteiger partial charge in [0.05, 0.1) is 30.1 Å². The number of aromatic amines is 1. The van der Waals surface area contributed by atoms with Crippen LogP contribution in [0.5, 0.6) is 0 Å². The highest BCUT2D eigenvalue weighted by molar-refractivity contribution is 6.03. The highest BCUT2D eigenvalue weighted by atomic mass is 16.5. The number of nitrogens with one attached hydrogen (secondary N) is 1. The van der Waals surface area contributed by atoms with Gasteiger partial charge in [-0.2, -0.15) is 0 Å². The number of esters is 1. The SMILES string of the molecule is COC(=O)c1cccc2[nH]c3c(c(=O)c12)CCN(C(=O)C1(C)CC1)C3. The van der Waals surface area contributed by atoms with Gasteiger partial charge in [-0.05, 0) is 31.4 Å². The van der Waals surface area contributed by atoms with Crippen LogP contribution in [0.25, 0.3) is 10.9 Å². The van der Waals surface area contributed by atoms with Crippen molar-refractivity contribution in [1.29, 1.82) is 0 Å². The maximum absolute atomic E-state index is 13.0.